The molecule has 18 heavy (non-hydrogen) atoms. The largest absolute Gasteiger partial charge is 0.370 e. The zero-order valence-corrected chi connectivity index (χ0v) is 11.4. The fraction of sp³-hybridized carbons (Fsp3) is 0.600. The van der Waals surface area contributed by atoms with Gasteiger partial charge in [0.25, 0.3) is 0 Å². The standard InChI is InChI=1S/C15H21NO2/c1-14(2)6-8-15(18-3,9-7-14)13(17)12-5-4-10-16-11-12/h4-5,10-11H,6-9H2,1-3H3. The quantitative estimate of drug-likeness (QED) is 0.770. The third-order valence-corrected chi connectivity index (χ3v) is 4.14. The Morgan fingerprint density at radius 3 is 2.44 bits per heavy atom. The summed E-state index contributed by atoms with van der Waals surface area (Å²) < 4.78 is 5.61. The van der Waals surface area contributed by atoms with E-state index in [1.54, 1.807) is 25.6 Å². The molecule has 0 unspecified atom stereocenters. The second-order valence-electron chi connectivity index (χ2n) is 5.93. The second-order valence-corrected chi connectivity index (χ2v) is 5.93. The van der Waals surface area contributed by atoms with Crippen molar-refractivity contribution in [3.05, 3.63) is 30.1 Å². The summed E-state index contributed by atoms with van der Waals surface area (Å²) in [5, 5.41) is 0. The van der Waals surface area contributed by atoms with Crippen molar-refractivity contribution >= 4 is 5.78 Å². The van der Waals surface area contributed by atoms with Crippen LogP contribution in [0.5, 0.6) is 0 Å². The van der Waals surface area contributed by atoms with E-state index in [4.69, 9.17) is 4.74 Å². The van der Waals surface area contributed by atoms with Crippen molar-refractivity contribution in [2.75, 3.05) is 7.11 Å². The number of carbonyl (C=O) groups is 1. The van der Waals surface area contributed by atoms with E-state index < -0.39 is 5.60 Å². The molecule has 0 aliphatic heterocycles. The monoisotopic (exact) mass is 247 g/mol. The molecule has 1 aromatic heterocycles. The highest BCUT2D eigenvalue weighted by molar-refractivity contribution is 6.02. The minimum absolute atomic E-state index is 0.0774. The minimum Gasteiger partial charge on any atom is -0.370 e. The molecule has 0 N–H and O–H groups in total. The van der Waals surface area contributed by atoms with Gasteiger partial charge in [-0.1, -0.05) is 13.8 Å². The lowest BCUT2D eigenvalue weighted by molar-refractivity contribution is -0.0383. The van der Waals surface area contributed by atoms with E-state index in [2.05, 4.69) is 18.8 Å². The average Bonchev–Trinajstić information content (AvgIpc) is 2.40. The maximum absolute atomic E-state index is 12.6. The number of hydrogen-bond donors (Lipinski definition) is 0. The molecule has 0 bridgehead atoms. The first-order valence-corrected chi connectivity index (χ1v) is 6.49. The van der Waals surface area contributed by atoms with Crippen LogP contribution < -0.4 is 0 Å². The third-order valence-electron chi connectivity index (χ3n) is 4.14. The van der Waals surface area contributed by atoms with Crippen LogP contribution in [-0.2, 0) is 4.74 Å². The van der Waals surface area contributed by atoms with E-state index >= 15 is 0 Å². The van der Waals surface area contributed by atoms with Gasteiger partial charge in [0.1, 0.15) is 5.60 Å². The molecule has 1 heterocycles. The first-order chi connectivity index (χ1) is 8.49. The molecular formula is C15H21NO2. The molecule has 0 atom stereocenters. The zero-order valence-electron chi connectivity index (χ0n) is 11.4. The summed E-state index contributed by atoms with van der Waals surface area (Å²) in [4.78, 5) is 16.6. The second kappa shape index (κ2) is 4.81. The van der Waals surface area contributed by atoms with Crippen LogP contribution in [0.25, 0.3) is 0 Å². The lowest BCUT2D eigenvalue weighted by Gasteiger charge is -2.41. The van der Waals surface area contributed by atoms with Gasteiger partial charge in [-0.3, -0.25) is 9.78 Å². The Morgan fingerprint density at radius 2 is 1.94 bits per heavy atom. The number of nitrogens with zero attached hydrogens (tertiary/aromatic N) is 1. The summed E-state index contributed by atoms with van der Waals surface area (Å²) >= 11 is 0. The topological polar surface area (TPSA) is 39.2 Å². The number of ketones is 1. The van der Waals surface area contributed by atoms with Crippen LogP contribution in [0.3, 0.4) is 0 Å². The van der Waals surface area contributed by atoms with E-state index in [1.165, 1.54) is 0 Å². The molecule has 3 nitrogen and oxygen atoms in total. The van der Waals surface area contributed by atoms with Gasteiger partial charge in [0, 0.05) is 25.1 Å². The van der Waals surface area contributed by atoms with E-state index in [0.29, 0.717) is 11.0 Å². The van der Waals surface area contributed by atoms with Crippen molar-refractivity contribution in [1.29, 1.82) is 0 Å². The molecule has 0 saturated heterocycles. The highest BCUT2D eigenvalue weighted by Crippen LogP contribution is 2.43. The number of Topliss-reactive ketones (excluding diaryl/α,β-unsaturated/α-hetero) is 1. The van der Waals surface area contributed by atoms with Crippen LogP contribution in [0, 0.1) is 5.41 Å². The Kier molecular flexibility index (Phi) is 3.53. The zero-order chi connectivity index (χ0) is 13.2. The molecule has 0 spiro atoms. The van der Waals surface area contributed by atoms with Crippen molar-refractivity contribution in [1.82, 2.24) is 4.98 Å². The summed E-state index contributed by atoms with van der Waals surface area (Å²) in [6, 6.07) is 3.61. The average molecular weight is 247 g/mol. The van der Waals surface area contributed by atoms with Crippen LogP contribution >= 0.6 is 0 Å². The maximum Gasteiger partial charge on any atom is 0.196 e. The Hall–Kier alpha value is -1.22. The summed E-state index contributed by atoms with van der Waals surface area (Å²) in [5.74, 6) is 0.0774. The van der Waals surface area contributed by atoms with Crippen molar-refractivity contribution in [2.45, 2.75) is 45.1 Å². The van der Waals surface area contributed by atoms with Gasteiger partial charge in [0.2, 0.25) is 0 Å². The van der Waals surface area contributed by atoms with Crippen LogP contribution in [0.15, 0.2) is 24.5 Å². The maximum atomic E-state index is 12.6. The van der Waals surface area contributed by atoms with Crippen LogP contribution in [0.2, 0.25) is 0 Å². The van der Waals surface area contributed by atoms with Gasteiger partial charge in [-0.15, -0.1) is 0 Å². The SMILES string of the molecule is COC1(C(=O)c2cccnc2)CCC(C)(C)CC1. The normalized spacial score (nSPS) is 21.5. The Morgan fingerprint density at radius 1 is 1.28 bits per heavy atom. The highest BCUT2D eigenvalue weighted by Gasteiger charge is 2.44. The molecule has 0 amide bonds. The van der Waals surface area contributed by atoms with Crippen molar-refractivity contribution < 1.29 is 9.53 Å². The van der Waals surface area contributed by atoms with Crippen LogP contribution in [0.1, 0.15) is 49.9 Å². The first kappa shape index (κ1) is 13.2. The van der Waals surface area contributed by atoms with E-state index in [0.717, 1.165) is 25.7 Å². The molecule has 1 saturated carbocycles. The Bertz CT molecular complexity index is 415. The Balaban J connectivity index is 2.22. The fourth-order valence-electron chi connectivity index (χ4n) is 2.61. The molecule has 0 aromatic carbocycles. The molecule has 0 radical (unpaired) electrons. The smallest absolute Gasteiger partial charge is 0.196 e. The summed E-state index contributed by atoms with van der Waals surface area (Å²) in [7, 11) is 1.65. The summed E-state index contributed by atoms with van der Waals surface area (Å²) in [5.41, 5.74) is 0.328. The van der Waals surface area contributed by atoms with Gasteiger partial charge in [-0.25, -0.2) is 0 Å². The number of rotatable bonds is 3. The van der Waals surface area contributed by atoms with Gasteiger partial charge < -0.3 is 4.74 Å². The van der Waals surface area contributed by atoms with Crippen molar-refractivity contribution in [3.8, 4) is 0 Å². The molecule has 2 rings (SSSR count). The molecule has 1 aliphatic carbocycles. The fourth-order valence-corrected chi connectivity index (χ4v) is 2.61. The van der Waals surface area contributed by atoms with Gasteiger partial charge in [0.05, 0.1) is 0 Å². The number of pyridine rings is 1. The van der Waals surface area contributed by atoms with Gasteiger partial charge in [0.15, 0.2) is 5.78 Å². The predicted molar refractivity (Wildman–Crippen MR) is 70.6 cm³/mol. The predicted octanol–water partition coefficient (Wildman–Crippen LogP) is 3.25. The van der Waals surface area contributed by atoms with Crippen molar-refractivity contribution in [3.63, 3.8) is 0 Å². The molecular weight excluding hydrogens is 226 g/mol. The molecule has 1 aromatic rings. The van der Waals surface area contributed by atoms with Crippen LogP contribution in [0.4, 0.5) is 0 Å². The number of aromatic nitrogens is 1. The lowest BCUT2D eigenvalue weighted by atomic mass is 9.69. The minimum atomic E-state index is -0.640. The highest BCUT2D eigenvalue weighted by atomic mass is 16.5. The summed E-state index contributed by atoms with van der Waals surface area (Å²) in [6.07, 6.45) is 6.94. The first-order valence-electron chi connectivity index (χ1n) is 6.49. The van der Waals surface area contributed by atoms with E-state index in [-0.39, 0.29) is 5.78 Å². The molecule has 98 valence electrons. The number of ether oxygens (including phenoxy) is 1. The molecule has 1 fully saturated rings. The molecule has 3 heteroatoms. The van der Waals surface area contributed by atoms with Crippen LogP contribution in [-0.4, -0.2) is 23.5 Å². The van der Waals surface area contributed by atoms with Gasteiger partial charge in [-0.05, 0) is 43.2 Å². The molecule has 1 aliphatic rings. The lowest BCUT2D eigenvalue weighted by Crippen LogP contribution is -2.45. The van der Waals surface area contributed by atoms with E-state index in [9.17, 15) is 4.79 Å². The number of carbonyl (C=O) groups excluding carboxylic acids is 1. The van der Waals surface area contributed by atoms with Gasteiger partial charge >= 0.3 is 0 Å². The van der Waals surface area contributed by atoms with E-state index in [1.807, 2.05) is 6.07 Å². The van der Waals surface area contributed by atoms with Gasteiger partial charge in [-0.2, -0.15) is 0 Å². The third kappa shape index (κ3) is 2.46. The number of methoxy groups -OCH3 is 1. The number of hydrogen-bond acceptors (Lipinski definition) is 3. The van der Waals surface area contributed by atoms with Crippen molar-refractivity contribution in [2.24, 2.45) is 5.41 Å². The summed E-state index contributed by atoms with van der Waals surface area (Å²) in [6.45, 7) is 4.50. The Labute approximate surface area is 109 Å².